The number of aryl methyl sites for hydroxylation is 1. The largest absolute Gasteiger partial charge is 0.496 e. The quantitative estimate of drug-likeness (QED) is 0.506. The summed E-state index contributed by atoms with van der Waals surface area (Å²) >= 11 is 0. The van der Waals surface area contributed by atoms with Crippen LogP contribution in [0.15, 0.2) is 54.9 Å². The van der Waals surface area contributed by atoms with Crippen molar-refractivity contribution in [2.45, 2.75) is 33.8 Å². The SMILES string of the molecule is CC.CCc1cncc(COc2ccc(-c3cc(F)c(F)cc3OC)cc2)c1. The van der Waals surface area contributed by atoms with Gasteiger partial charge in [0, 0.05) is 29.6 Å². The Hall–Kier alpha value is -2.95. The van der Waals surface area contributed by atoms with E-state index in [0.29, 0.717) is 23.5 Å². The maximum atomic E-state index is 13.6. The molecule has 1 heterocycles. The Labute approximate surface area is 165 Å². The third-order valence-electron chi connectivity index (χ3n) is 4.07. The first-order valence-corrected chi connectivity index (χ1v) is 9.29. The molecular formula is C23H25F2NO2. The molecule has 148 valence electrons. The Kier molecular flexibility index (Phi) is 7.93. The average molecular weight is 385 g/mol. The number of hydrogen-bond donors (Lipinski definition) is 0. The molecule has 3 nitrogen and oxygen atoms in total. The highest BCUT2D eigenvalue weighted by Gasteiger charge is 2.12. The van der Waals surface area contributed by atoms with E-state index in [9.17, 15) is 8.78 Å². The fourth-order valence-electron chi connectivity index (χ4n) is 2.63. The van der Waals surface area contributed by atoms with Gasteiger partial charge >= 0.3 is 0 Å². The maximum Gasteiger partial charge on any atom is 0.162 e. The molecule has 0 amide bonds. The number of nitrogens with zero attached hydrogens (tertiary/aromatic N) is 1. The summed E-state index contributed by atoms with van der Waals surface area (Å²) in [6.07, 6.45) is 4.54. The van der Waals surface area contributed by atoms with Crippen LogP contribution in [0, 0.1) is 11.6 Å². The van der Waals surface area contributed by atoms with E-state index in [1.807, 2.05) is 20.0 Å². The molecular weight excluding hydrogens is 360 g/mol. The minimum absolute atomic E-state index is 0.278. The lowest BCUT2D eigenvalue weighted by atomic mass is 10.0. The van der Waals surface area contributed by atoms with Gasteiger partial charge in [-0.1, -0.05) is 32.9 Å². The molecule has 0 radical (unpaired) electrons. The smallest absolute Gasteiger partial charge is 0.162 e. The van der Waals surface area contributed by atoms with E-state index in [-0.39, 0.29) is 5.75 Å². The molecule has 0 atom stereocenters. The molecule has 3 rings (SSSR count). The summed E-state index contributed by atoms with van der Waals surface area (Å²) in [7, 11) is 1.42. The van der Waals surface area contributed by atoms with E-state index < -0.39 is 11.6 Å². The van der Waals surface area contributed by atoms with E-state index in [1.165, 1.54) is 7.11 Å². The lowest BCUT2D eigenvalue weighted by molar-refractivity contribution is 0.305. The van der Waals surface area contributed by atoms with Gasteiger partial charge in [0.15, 0.2) is 11.6 Å². The van der Waals surface area contributed by atoms with E-state index in [0.717, 1.165) is 29.7 Å². The number of hydrogen-bond acceptors (Lipinski definition) is 3. The van der Waals surface area contributed by atoms with E-state index in [2.05, 4.69) is 18.0 Å². The Bertz CT molecular complexity index is 896. The van der Waals surface area contributed by atoms with E-state index >= 15 is 0 Å². The first kappa shape index (κ1) is 21.4. The number of ether oxygens (including phenoxy) is 2. The fraction of sp³-hybridized carbons (Fsp3) is 0.261. The van der Waals surface area contributed by atoms with Gasteiger partial charge in [0.1, 0.15) is 18.1 Å². The fourth-order valence-corrected chi connectivity index (χ4v) is 2.63. The first-order chi connectivity index (χ1) is 13.6. The lowest BCUT2D eigenvalue weighted by Crippen LogP contribution is -1.97. The zero-order chi connectivity index (χ0) is 20.5. The normalized spacial score (nSPS) is 10.1. The van der Waals surface area contributed by atoms with Crippen LogP contribution in [0.1, 0.15) is 31.9 Å². The summed E-state index contributed by atoms with van der Waals surface area (Å²) in [4.78, 5) is 4.20. The second-order valence-electron chi connectivity index (χ2n) is 5.83. The van der Waals surface area contributed by atoms with Crippen molar-refractivity contribution in [2.75, 3.05) is 7.11 Å². The number of pyridine rings is 1. The Morgan fingerprint density at radius 2 is 1.54 bits per heavy atom. The zero-order valence-electron chi connectivity index (χ0n) is 16.6. The van der Waals surface area contributed by atoms with Crippen LogP contribution in [0.3, 0.4) is 0 Å². The van der Waals surface area contributed by atoms with Crippen molar-refractivity contribution in [3.8, 4) is 22.6 Å². The third-order valence-corrected chi connectivity index (χ3v) is 4.07. The monoisotopic (exact) mass is 385 g/mol. The van der Waals surface area contributed by atoms with Crippen molar-refractivity contribution in [2.24, 2.45) is 0 Å². The summed E-state index contributed by atoms with van der Waals surface area (Å²) in [5, 5.41) is 0. The third kappa shape index (κ3) is 5.28. The topological polar surface area (TPSA) is 31.4 Å². The number of rotatable bonds is 6. The van der Waals surface area contributed by atoms with Crippen LogP contribution in [-0.4, -0.2) is 12.1 Å². The van der Waals surface area contributed by atoms with Gasteiger partial charge in [-0.25, -0.2) is 8.78 Å². The number of methoxy groups -OCH3 is 1. The molecule has 28 heavy (non-hydrogen) atoms. The summed E-state index contributed by atoms with van der Waals surface area (Å²) in [6, 6.07) is 11.4. The molecule has 0 bridgehead atoms. The van der Waals surface area contributed by atoms with Crippen LogP contribution in [0.25, 0.3) is 11.1 Å². The number of halogens is 2. The molecule has 5 heteroatoms. The Morgan fingerprint density at radius 3 is 2.18 bits per heavy atom. The van der Waals surface area contributed by atoms with Crippen molar-refractivity contribution in [1.29, 1.82) is 0 Å². The molecule has 0 aliphatic carbocycles. The number of aromatic nitrogens is 1. The van der Waals surface area contributed by atoms with Gasteiger partial charge in [0.05, 0.1) is 7.11 Å². The summed E-state index contributed by atoms with van der Waals surface area (Å²) in [6.45, 7) is 6.49. The van der Waals surface area contributed by atoms with Gasteiger partial charge in [-0.05, 0) is 41.8 Å². The molecule has 0 saturated carbocycles. The van der Waals surface area contributed by atoms with Gasteiger partial charge in [0.2, 0.25) is 0 Å². The highest BCUT2D eigenvalue weighted by atomic mass is 19.2. The van der Waals surface area contributed by atoms with Gasteiger partial charge < -0.3 is 9.47 Å². The van der Waals surface area contributed by atoms with Crippen LogP contribution in [0.4, 0.5) is 8.78 Å². The van der Waals surface area contributed by atoms with Crippen molar-refractivity contribution in [1.82, 2.24) is 4.98 Å². The molecule has 3 aromatic rings. The molecule has 2 aromatic carbocycles. The van der Waals surface area contributed by atoms with Crippen LogP contribution in [-0.2, 0) is 13.0 Å². The molecule has 1 aromatic heterocycles. The molecule has 0 saturated heterocycles. The number of benzene rings is 2. The van der Waals surface area contributed by atoms with Crippen molar-refractivity contribution < 1.29 is 18.3 Å². The van der Waals surface area contributed by atoms with Crippen LogP contribution >= 0.6 is 0 Å². The highest BCUT2D eigenvalue weighted by molar-refractivity contribution is 5.71. The lowest BCUT2D eigenvalue weighted by Gasteiger charge is -2.11. The standard InChI is InChI=1S/C21H19F2NO2.C2H6/c1-3-14-8-15(12-24-11-14)13-26-17-6-4-16(5-7-17)18-9-19(22)20(23)10-21(18)25-2;1-2/h4-12H,3,13H2,1-2H3;1-2H3. The van der Waals surface area contributed by atoms with Crippen LogP contribution in [0.2, 0.25) is 0 Å². The van der Waals surface area contributed by atoms with Crippen molar-refractivity contribution in [3.05, 3.63) is 77.6 Å². The van der Waals surface area contributed by atoms with Gasteiger partial charge in [-0.2, -0.15) is 0 Å². The highest BCUT2D eigenvalue weighted by Crippen LogP contribution is 2.33. The van der Waals surface area contributed by atoms with Gasteiger partial charge in [-0.3, -0.25) is 4.98 Å². The van der Waals surface area contributed by atoms with Gasteiger partial charge in [0.25, 0.3) is 0 Å². The predicted molar refractivity (Wildman–Crippen MR) is 108 cm³/mol. The van der Waals surface area contributed by atoms with Gasteiger partial charge in [-0.15, -0.1) is 0 Å². The first-order valence-electron chi connectivity index (χ1n) is 9.29. The van der Waals surface area contributed by atoms with Crippen molar-refractivity contribution >= 4 is 0 Å². The summed E-state index contributed by atoms with van der Waals surface area (Å²) < 4.78 is 37.9. The molecule has 0 aliphatic rings. The second kappa shape index (κ2) is 10.4. The zero-order valence-corrected chi connectivity index (χ0v) is 16.6. The average Bonchev–Trinajstić information content (AvgIpc) is 2.76. The molecule has 0 N–H and O–H groups in total. The minimum Gasteiger partial charge on any atom is -0.496 e. The Morgan fingerprint density at radius 1 is 0.893 bits per heavy atom. The summed E-state index contributed by atoms with van der Waals surface area (Å²) in [5.74, 6) is -0.893. The molecule has 0 fully saturated rings. The predicted octanol–water partition coefficient (Wildman–Crippen LogP) is 6.20. The Balaban J connectivity index is 0.00000136. The van der Waals surface area contributed by atoms with E-state index in [4.69, 9.17) is 9.47 Å². The minimum atomic E-state index is -0.937. The second-order valence-corrected chi connectivity index (χ2v) is 5.83. The van der Waals surface area contributed by atoms with Crippen molar-refractivity contribution in [3.63, 3.8) is 0 Å². The molecule has 0 aliphatic heterocycles. The van der Waals surface area contributed by atoms with Crippen LogP contribution < -0.4 is 9.47 Å². The molecule has 0 unspecified atom stereocenters. The van der Waals surface area contributed by atoms with Crippen LogP contribution in [0.5, 0.6) is 11.5 Å². The maximum absolute atomic E-state index is 13.6. The van der Waals surface area contributed by atoms with E-state index in [1.54, 1.807) is 30.5 Å². The molecule has 0 spiro atoms. The summed E-state index contributed by atoms with van der Waals surface area (Å²) in [5.41, 5.74) is 3.35.